The second-order valence-corrected chi connectivity index (χ2v) is 9.38. The second kappa shape index (κ2) is 8.76. The third kappa shape index (κ3) is 5.12. The van der Waals surface area contributed by atoms with E-state index in [1.807, 2.05) is 37.4 Å². The van der Waals surface area contributed by atoms with Gasteiger partial charge in [-0.1, -0.05) is 29.8 Å². The maximum absolute atomic E-state index is 12.4. The fraction of sp³-hybridized carbons (Fsp3) is 0.158. The molecular weight excluding hydrogens is 414 g/mol. The van der Waals surface area contributed by atoms with Crippen LogP contribution >= 0.6 is 23.1 Å². The van der Waals surface area contributed by atoms with Crippen molar-refractivity contribution >= 4 is 49.8 Å². The molecule has 1 heterocycles. The summed E-state index contributed by atoms with van der Waals surface area (Å²) in [6.45, 7) is 1.89. The Morgan fingerprint density at radius 2 is 1.86 bits per heavy atom. The minimum atomic E-state index is -3.71. The molecule has 2 N–H and O–H groups in total. The molecule has 146 valence electrons. The van der Waals surface area contributed by atoms with Crippen molar-refractivity contribution in [2.45, 2.75) is 23.1 Å². The number of anilines is 2. The molecule has 0 saturated heterocycles. The van der Waals surface area contributed by atoms with E-state index < -0.39 is 10.0 Å². The Bertz CT molecular complexity index is 1080. The van der Waals surface area contributed by atoms with Crippen molar-refractivity contribution in [2.24, 2.45) is 0 Å². The lowest BCUT2D eigenvalue weighted by Gasteiger charge is -2.08. The summed E-state index contributed by atoms with van der Waals surface area (Å²) in [6, 6.07) is 14.1. The van der Waals surface area contributed by atoms with Gasteiger partial charge in [-0.3, -0.25) is 9.52 Å². The van der Waals surface area contributed by atoms with Gasteiger partial charge in [-0.05, 0) is 37.4 Å². The average molecular weight is 434 g/mol. The fourth-order valence-corrected chi connectivity index (χ4v) is 4.95. The fourth-order valence-electron chi connectivity index (χ4n) is 2.43. The standard InChI is InChI=1S/C19H19N3O3S3/c1-13-7-9-15(10-8-13)28(24,25)22-19-20-14(12-27-19)11-18(23)21-16-5-3-4-6-17(16)26-2/h3-10,12H,11H2,1-2H3,(H,20,22)(H,21,23). The van der Waals surface area contributed by atoms with Crippen LogP contribution in [0.4, 0.5) is 10.8 Å². The number of rotatable bonds is 7. The molecule has 0 aliphatic heterocycles. The molecule has 28 heavy (non-hydrogen) atoms. The molecule has 2 aromatic carbocycles. The van der Waals surface area contributed by atoms with Gasteiger partial charge in [-0.2, -0.15) is 0 Å². The maximum Gasteiger partial charge on any atom is 0.263 e. The number of thioether (sulfide) groups is 1. The summed E-state index contributed by atoms with van der Waals surface area (Å²) in [7, 11) is -3.71. The van der Waals surface area contributed by atoms with Crippen molar-refractivity contribution < 1.29 is 13.2 Å². The van der Waals surface area contributed by atoms with Gasteiger partial charge in [0.15, 0.2) is 5.13 Å². The van der Waals surface area contributed by atoms with E-state index in [4.69, 9.17) is 0 Å². The number of nitrogens with one attached hydrogen (secondary N) is 2. The van der Waals surface area contributed by atoms with Gasteiger partial charge in [0, 0.05) is 10.3 Å². The Hall–Kier alpha value is -2.36. The van der Waals surface area contributed by atoms with Crippen molar-refractivity contribution in [2.75, 3.05) is 16.3 Å². The van der Waals surface area contributed by atoms with E-state index in [0.29, 0.717) is 5.69 Å². The molecule has 6 nitrogen and oxygen atoms in total. The summed E-state index contributed by atoms with van der Waals surface area (Å²) >= 11 is 2.69. The van der Waals surface area contributed by atoms with Crippen LogP contribution in [0.1, 0.15) is 11.3 Å². The predicted octanol–water partition coefficient (Wildman–Crippen LogP) is 4.16. The second-order valence-electron chi connectivity index (χ2n) is 5.99. The summed E-state index contributed by atoms with van der Waals surface area (Å²) in [6.07, 6.45) is 2.00. The van der Waals surface area contributed by atoms with Crippen LogP contribution in [0.2, 0.25) is 0 Å². The first-order chi connectivity index (χ1) is 13.4. The summed E-state index contributed by atoms with van der Waals surface area (Å²) in [5, 5.41) is 4.77. The van der Waals surface area contributed by atoms with Crippen LogP contribution in [0.3, 0.4) is 0 Å². The lowest BCUT2D eigenvalue weighted by atomic mass is 10.2. The van der Waals surface area contributed by atoms with Crippen molar-refractivity contribution in [1.82, 2.24) is 4.98 Å². The number of hydrogen-bond acceptors (Lipinski definition) is 6. The predicted molar refractivity (Wildman–Crippen MR) is 115 cm³/mol. The number of aromatic nitrogens is 1. The lowest BCUT2D eigenvalue weighted by molar-refractivity contribution is -0.115. The monoisotopic (exact) mass is 433 g/mol. The molecular formula is C19H19N3O3S3. The molecule has 0 atom stereocenters. The van der Waals surface area contributed by atoms with Crippen LogP contribution in [0.25, 0.3) is 0 Å². The van der Waals surface area contributed by atoms with Crippen LogP contribution in [0.5, 0.6) is 0 Å². The van der Waals surface area contributed by atoms with Crippen molar-refractivity contribution in [3.63, 3.8) is 0 Å². The normalized spacial score (nSPS) is 11.2. The number of amides is 1. The molecule has 0 unspecified atom stereocenters. The number of hydrogen-bond donors (Lipinski definition) is 2. The molecule has 3 aromatic rings. The van der Waals surface area contributed by atoms with E-state index in [1.54, 1.807) is 41.4 Å². The molecule has 0 aliphatic carbocycles. The third-order valence-corrected chi connectivity index (χ3v) is 6.91. The number of sulfonamides is 1. The Labute approximate surface area is 172 Å². The quantitative estimate of drug-likeness (QED) is 0.547. The number of carbonyl (C=O) groups is 1. The van der Waals surface area contributed by atoms with Gasteiger partial charge >= 0.3 is 0 Å². The van der Waals surface area contributed by atoms with Crippen molar-refractivity contribution in [3.8, 4) is 0 Å². The molecule has 0 bridgehead atoms. The smallest absolute Gasteiger partial charge is 0.263 e. The average Bonchev–Trinajstić information content (AvgIpc) is 3.08. The summed E-state index contributed by atoms with van der Waals surface area (Å²) in [5.41, 5.74) is 2.23. The highest BCUT2D eigenvalue weighted by Gasteiger charge is 2.17. The third-order valence-electron chi connectivity index (χ3n) is 3.83. The number of benzene rings is 2. The molecule has 1 aromatic heterocycles. The van der Waals surface area contributed by atoms with Crippen LogP contribution in [0, 0.1) is 6.92 Å². The molecule has 0 aliphatic rings. The van der Waals surface area contributed by atoms with E-state index in [-0.39, 0.29) is 22.4 Å². The zero-order valence-corrected chi connectivity index (χ0v) is 17.7. The van der Waals surface area contributed by atoms with Crippen molar-refractivity contribution in [1.29, 1.82) is 0 Å². The van der Waals surface area contributed by atoms with E-state index in [2.05, 4.69) is 15.0 Å². The zero-order chi connectivity index (χ0) is 20.1. The van der Waals surface area contributed by atoms with E-state index in [9.17, 15) is 13.2 Å². The summed E-state index contributed by atoms with van der Waals surface area (Å²) < 4.78 is 27.3. The molecule has 3 rings (SSSR count). The Balaban J connectivity index is 1.65. The Morgan fingerprint density at radius 3 is 2.57 bits per heavy atom. The highest BCUT2D eigenvalue weighted by atomic mass is 32.2. The van der Waals surface area contributed by atoms with E-state index in [0.717, 1.165) is 27.5 Å². The largest absolute Gasteiger partial charge is 0.325 e. The van der Waals surface area contributed by atoms with Crippen molar-refractivity contribution in [3.05, 3.63) is 65.2 Å². The molecule has 0 fully saturated rings. The van der Waals surface area contributed by atoms with Crippen LogP contribution in [-0.4, -0.2) is 25.6 Å². The first kappa shape index (κ1) is 20.4. The number of thiazole rings is 1. The molecule has 9 heteroatoms. The zero-order valence-electron chi connectivity index (χ0n) is 15.3. The summed E-state index contributed by atoms with van der Waals surface area (Å²) in [5.74, 6) is -0.209. The highest BCUT2D eigenvalue weighted by molar-refractivity contribution is 7.98. The van der Waals surface area contributed by atoms with E-state index >= 15 is 0 Å². The first-order valence-electron chi connectivity index (χ1n) is 8.34. The number of carbonyl (C=O) groups excluding carboxylic acids is 1. The molecule has 0 spiro atoms. The number of para-hydroxylation sites is 1. The Kier molecular flexibility index (Phi) is 6.38. The minimum Gasteiger partial charge on any atom is -0.325 e. The topological polar surface area (TPSA) is 88.2 Å². The molecule has 0 radical (unpaired) electrons. The van der Waals surface area contributed by atoms with Gasteiger partial charge in [0.25, 0.3) is 10.0 Å². The van der Waals surface area contributed by atoms with Crippen LogP contribution in [-0.2, 0) is 21.2 Å². The van der Waals surface area contributed by atoms with Crippen LogP contribution in [0.15, 0.2) is 63.7 Å². The minimum absolute atomic E-state index is 0.0610. The van der Waals surface area contributed by atoms with Gasteiger partial charge in [-0.25, -0.2) is 13.4 Å². The van der Waals surface area contributed by atoms with Gasteiger partial charge in [0.05, 0.1) is 22.7 Å². The van der Waals surface area contributed by atoms with E-state index in [1.165, 1.54) is 0 Å². The SMILES string of the molecule is CSc1ccccc1NC(=O)Cc1csc(NS(=O)(=O)c2ccc(C)cc2)n1. The Morgan fingerprint density at radius 1 is 1.14 bits per heavy atom. The van der Waals surface area contributed by atoms with Gasteiger partial charge in [0.2, 0.25) is 5.91 Å². The number of aryl methyl sites for hydroxylation is 1. The first-order valence-corrected chi connectivity index (χ1v) is 11.9. The molecule has 1 amide bonds. The van der Waals surface area contributed by atoms with Gasteiger partial charge in [-0.15, -0.1) is 23.1 Å². The summed E-state index contributed by atoms with van der Waals surface area (Å²) in [4.78, 5) is 17.7. The number of nitrogens with zero attached hydrogens (tertiary/aromatic N) is 1. The lowest BCUT2D eigenvalue weighted by Crippen LogP contribution is -2.15. The highest BCUT2D eigenvalue weighted by Crippen LogP contribution is 2.25. The van der Waals surface area contributed by atoms with Gasteiger partial charge in [0.1, 0.15) is 0 Å². The molecule has 0 saturated carbocycles. The van der Waals surface area contributed by atoms with Gasteiger partial charge < -0.3 is 5.32 Å². The maximum atomic E-state index is 12.4. The van der Waals surface area contributed by atoms with Crippen LogP contribution < -0.4 is 10.0 Å².